The minimum Gasteiger partial charge on any atom is -0.296 e. The first-order valence-electron chi connectivity index (χ1n) is 6.05. The zero-order valence-corrected chi connectivity index (χ0v) is 13.3. The second-order valence-corrected chi connectivity index (χ2v) is 6.50. The SMILES string of the molecule is CC(C)Cc1nnc(NC(=O)c2cccc(Cl)c2Cl)s1. The molecule has 7 heteroatoms. The van der Waals surface area contributed by atoms with E-state index < -0.39 is 0 Å². The zero-order valence-electron chi connectivity index (χ0n) is 11.0. The lowest BCUT2D eigenvalue weighted by molar-refractivity contribution is 0.102. The maximum absolute atomic E-state index is 12.1. The van der Waals surface area contributed by atoms with Crippen molar-refractivity contribution >= 4 is 45.6 Å². The molecule has 0 aliphatic heterocycles. The fourth-order valence-electron chi connectivity index (χ4n) is 1.58. The van der Waals surface area contributed by atoms with Gasteiger partial charge in [0.15, 0.2) is 0 Å². The van der Waals surface area contributed by atoms with Gasteiger partial charge in [-0.15, -0.1) is 10.2 Å². The number of halogens is 2. The molecular weight excluding hydrogens is 317 g/mol. The lowest BCUT2D eigenvalue weighted by atomic mass is 10.1. The van der Waals surface area contributed by atoms with Crippen LogP contribution in [0.1, 0.15) is 29.2 Å². The van der Waals surface area contributed by atoms with Gasteiger partial charge in [-0.25, -0.2) is 0 Å². The van der Waals surface area contributed by atoms with E-state index in [1.807, 2.05) is 0 Å². The average molecular weight is 330 g/mol. The van der Waals surface area contributed by atoms with Crippen LogP contribution in [0.4, 0.5) is 5.13 Å². The highest BCUT2D eigenvalue weighted by Crippen LogP contribution is 2.26. The molecule has 0 spiro atoms. The van der Waals surface area contributed by atoms with Gasteiger partial charge in [0.25, 0.3) is 5.91 Å². The van der Waals surface area contributed by atoms with E-state index in [-0.39, 0.29) is 10.9 Å². The number of hydrogen-bond acceptors (Lipinski definition) is 4. The third-order valence-electron chi connectivity index (χ3n) is 2.47. The van der Waals surface area contributed by atoms with Crippen LogP contribution < -0.4 is 5.32 Å². The predicted molar refractivity (Wildman–Crippen MR) is 82.9 cm³/mol. The van der Waals surface area contributed by atoms with Crippen molar-refractivity contribution in [3.8, 4) is 0 Å². The van der Waals surface area contributed by atoms with E-state index in [1.54, 1.807) is 18.2 Å². The maximum atomic E-state index is 12.1. The van der Waals surface area contributed by atoms with Gasteiger partial charge >= 0.3 is 0 Å². The van der Waals surface area contributed by atoms with Gasteiger partial charge in [-0.1, -0.05) is 54.5 Å². The van der Waals surface area contributed by atoms with Crippen LogP contribution in [0.15, 0.2) is 18.2 Å². The first-order valence-corrected chi connectivity index (χ1v) is 7.62. The Labute approximate surface area is 131 Å². The van der Waals surface area contributed by atoms with Gasteiger partial charge in [-0.05, 0) is 18.1 Å². The summed E-state index contributed by atoms with van der Waals surface area (Å²) in [4.78, 5) is 12.1. The molecule has 1 aromatic carbocycles. The number of benzene rings is 1. The molecule has 0 bridgehead atoms. The van der Waals surface area contributed by atoms with E-state index in [2.05, 4.69) is 29.4 Å². The topological polar surface area (TPSA) is 54.9 Å². The number of hydrogen-bond donors (Lipinski definition) is 1. The van der Waals surface area contributed by atoms with E-state index in [9.17, 15) is 4.79 Å². The van der Waals surface area contributed by atoms with Crippen molar-refractivity contribution in [1.82, 2.24) is 10.2 Å². The largest absolute Gasteiger partial charge is 0.296 e. The molecule has 0 atom stereocenters. The Kier molecular flexibility index (Phi) is 4.96. The van der Waals surface area contributed by atoms with Crippen molar-refractivity contribution in [2.24, 2.45) is 5.92 Å². The fourth-order valence-corrected chi connectivity index (χ4v) is 2.91. The van der Waals surface area contributed by atoms with E-state index >= 15 is 0 Å². The summed E-state index contributed by atoms with van der Waals surface area (Å²) in [5.41, 5.74) is 0.319. The Morgan fingerprint density at radius 3 is 2.80 bits per heavy atom. The van der Waals surface area contributed by atoms with Crippen molar-refractivity contribution in [3.63, 3.8) is 0 Å². The molecule has 4 nitrogen and oxygen atoms in total. The highest BCUT2D eigenvalue weighted by atomic mass is 35.5. The summed E-state index contributed by atoms with van der Waals surface area (Å²) < 4.78 is 0. The fraction of sp³-hybridized carbons (Fsp3) is 0.308. The molecular formula is C13H13Cl2N3OS. The Morgan fingerprint density at radius 1 is 1.35 bits per heavy atom. The number of carbonyl (C=O) groups excluding carboxylic acids is 1. The van der Waals surface area contributed by atoms with Crippen LogP contribution in [0, 0.1) is 5.92 Å². The minimum atomic E-state index is -0.343. The lowest BCUT2D eigenvalue weighted by Crippen LogP contribution is -2.12. The lowest BCUT2D eigenvalue weighted by Gasteiger charge is -2.04. The van der Waals surface area contributed by atoms with Crippen LogP contribution in [0.25, 0.3) is 0 Å². The van der Waals surface area contributed by atoms with Gasteiger partial charge < -0.3 is 0 Å². The molecule has 20 heavy (non-hydrogen) atoms. The zero-order chi connectivity index (χ0) is 14.7. The number of aromatic nitrogens is 2. The van der Waals surface area contributed by atoms with Crippen molar-refractivity contribution in [1.29, 1.82) is 0 Å². The van der Waals surface area contributed by atoms with E-state index in [1.165, 1.54) is 11.3 Å². The summed E-state index contributed by atoms with van der Waals surface area (Å²) in [5.74, 6) is 0.152. The first-order chi connectivity index (χ1) is 9.47. The molecule has 2 rings (SSSR count). The van der Waals surface area contributed by atoms with Gasteiger partial charge in [-0.3, -0.25) is 10.1 Å². The Morgan fingerprint density at radius 2 is 2.10 bits per heavy atom. The van der Waals surface area contributed by atoms with Crippen LogP contribution >= 0.6 is 34.5 Å². The monoisotopic (exact) mass is 329 g/mol. The molecule has 0 saturated carbocycles. The molecule has 0 radical (unpaired) electrons. The number of carbonyl (C=O) groups is 1. The van der Waals surface area contributed by atoms with Crippen LogP contribution in [0.5, 0.6) is 0 Å². The summed E-state index contributed by atoms with van der Waals surface area (Å²) in [6.45, 7) is 4.21. The second kappa shape index (κ2) is 6.52. The van der Waals surface area contributed by atoms with E-state index in [0.29, 0.717) is 21.6 Å². The van der Waals surface area contributed by atoms with Gasteiger partial charge in [0.05, 0.1) is 15.6 Å². The van der Waals surface area contributed by atoms with Crippen LogP contribution in [0.3, 0.4) is 0 Å². The van der Waals surface area contributed by atoms with Gasteiger partial charge in [0.1, 0.15) is 5.01 Å². The molecule has 106 valence electrons. The third-order valence-corrected chi connectivity index (χ3v) is 4.15. The summed E-state index contributed by atoms with van der Waals surface area (Å²) in [7, 11) is 0. The van der Waals surface area contributed by atoms with Gasteiger partial charge in [0.2, 0.25) is 5.13 Å². The number of nitrogens with zero attached hydrogens (tertiary/aromatic N) is 2. The number of rotatable bonds is 4. The summed E-state index contributed by atoms with van der Waals surface area (Å²) in [5, 5.41) is 12.6. The van der Waals surface area contributed by atoms with E-state index in [4.69, 9.17) is 23.2 Å². The van der Waals surface area contributed by atoms with Crippen molar-refractivity contribution in [2.75, 3.05) is 5.32 Å². The van der Waals surface area contributed by atoms with Crippen LogP contribution in [0.2, 0.25) is 10.0 Å². The van der Waals surface area contributed by atoms with Gasteiger partial charge in [0, 0.05) is 6.42 Å². The molecule has 2 aromatic rings. The van der Waals surface area contributed by atoms with Crippen molar-refractivity contribution < 1.29 is 4.79 Å². The Hall–Kier alpha value is -1.17. The first kappa shape index (κ1) is 15.2. The minimum absolute atomic E-state index is 0.235. The smallest absolute Gasteiger partial charge is 0.259 e. The number of anilines is 1. The van der Waals surface area contributed by atoms with E-state index in [0.717, 1.165) is 11.4 Å². The highest BCUT2D eigenvalue weighted by Gasteiger charge is 2.15. The third kappa shape index (κ3) is 3.69. The molecule has 1 aromatic heterocycles. The summed E-state index contributed by atoms with van der Waals surface area (Å²) in [6.07, 6.45) is 0.839. The highest BCUT2D eigenvalue weighted by molar-refractivity contribution is 7.15. The summed E-state index contributed by atoms with van der Waals surface area (Å²) >= 11 is 13.3. The number of amides is 1. The Bertz CT molecular complexity index is 628. The average Bonchev–Trinajstić information content (AvgIpc) is 2.79. The Balaban J connectivity index is 2.11. The maximum Gasteiger partial charge on any atom is 0.259 e. The number of nitrogens with one attached hydrogen (secondary N) is 1. The molecule has 0 saturated heterocycles. The molecule has 0 unspecified atom stereocenters. The molecule has 1 N–H and O–H groups in total. The molecule has 0 aliphatic rings. The van der Waals surface area contributed by atoms with Crippen molar-refractivity contribution in [2.45, 2.75) is 20.3 Å². The van der Waals surface area contributed by atoms with Gasteiger partial charge in [-0.2, -0.15) is 0 Å². The quantitative estimate of drug-likeness (QED) is 0.909. The molecule has 1 amide bonds. The molecule has 0 fully saturated rings. The standard InChI is InChI=1S/C13H13Cl2N3OS/c1-7(2)6-10-17-18-13(20-10)16-12(19)8-4-3-5-9(14)11(8)15/h3-5,7H,6H2,1-2H3,(H,16,18,19). The van der Waals surface area contributed by atoms with Crippen LogP contribution in [-0.2, 0) is 6.42 Å². The van der Waals surface area contributed by atoms with Crippen LogP contribution in [-0.4, -0.2) is 16.1 Å². The normalized spacial score (nSPS) is 10.8. The summed E-state index contributed by atoms with van der Waals surface area (Å²) in [6, 6.07) is 4.92. The second-order valence-electron chi connectivity index (χ2n) is 4.65. The predicted octanol–water partition coefficient (Wildman–Crippen LogP) is 4.30. The molecule has 0 aliphatic carbocycles. The molecule has 1 heterocycles. The van der Waals surface area contributed by atoms with Crippen molar-refractivity contribution in [3.05, 3.63) is 38.8 Å².